The molecule has 1 aromatic heterocycles. The van der Waals surface area contributed by atoms with E-state index in [0.717, 1.165) is 27.8 Å². The second-order valence-corrected chi connectivity index (χ2v) is 7.19. The van der Waals surface area contributed by atoms with Crippen molar-refractivity contribution in [1.82, 2.24) is 4.31 Å². The Kier molecular flexibility index (Phi) is 4.97. The van der Waals surface area contributed by atoms with Crippen LogP contribution in [0.1, 0.15) is 9.67 Å². The number of benzene rings is 1. The fourth-order valence-corrected chi connectivity index (χ4v) is 2.76. The summed E-state index contributed by atoms with van der Waals surface area (Å²) in [7, 11) is -1.45. The summed E-state index contributed by atoms with van der Waals surface area (Å²) in [4.78, 5) is 12.1. The molecule has 1 heterocycles. The zero-order valence-corrected chi connectivity index (χ0v) is 13.7. The first-order chi connectivity index (χ1) is 10.7. The summed E-state index contributed by atoms with van der Waals surface area (Å²) >= 11 is 0.949. The normalized spacial score (nSPS) is 11.5. The molecule has 0 radical (unpaired) electrons. The number of carbonyl (C=O) groups is 1. The first-order valence-corrected chi connectivity index (χ1v) is 8.41. The minimum atomic E-state index is -4.01. The monoisotopic (exact) mass is 362 g/mol. The van der Waals surface area contributed by atoms with E-state index in [4.69, 9.17) is 4.18 Å². The van der Waals surface area contributed by atoms with Crippen LogP contribution < -0.4 is 9.50 Å². The van der Waals surface area contributed by atoms with Gasteiger partial charge in [0, 0.05) is 25.8 Å². The van der Waals surface area contributed by atoms with Crippen LogP contribution in [0.5, 0.6) is 5.75 Å². The number of rotatable bonds is 5. The van der Waals surface area contributed by atoms with Gasteiger partial charge in [-0.2, -0.15) is 12.7 Å². The van der Waals surface area contributed by atoms with Gasteiger partial charge in [0.15, 0.2) is 17.4 Å². The fourth-order valence-electron chi connectivity index (χ4n) is 1.48. The SMILES string of the molecule is CN(C)S(=O)(=O)Oc1ccsc1C(=O)Nc1ccc(F)c(F)c1. The van der Waals surface area contributed by atoms with Crippen LogP contribution in [0.3, 0.4) is 0 Å². The zero-order valence-electron chi connectivity index (χ0n) is 12.0. The van der Waals surface area contributed by atoms with E-state index in [9.17, 15) is 22.0 Å². The van der Waals surface area contributed by atoms with Crippen LogP contribution in [0.2, 0.25) is 0 Å². The molecule has 10 heteroatoms. The van der Waals surface area contributed by atoms with Crippen LogP contribution in [0.4, 0.5) is 14.5 Å². The first kappa shape index (κ1) is 17.3. The Hall–Kier alpha value is -2.04. The van der Waals surface area contributed by atoms with Gasteiger partial charge in [0.1, 0.15) is 4.88 Å². The van der Waals surface area contributed by atoms with E-state index in [1.165, 1.54) is 31.6 Å². The van der Waals surface area contributed by atoms with Gasteiger partial charge in [-0.05, 0) is 23.6 Å². The van der Waals surface area contributed by atoms with E-state index < -0.39 is 27.8 Å². The van der Waals surface area contributed by atoms with Gasteiger partial charge in [0.05, 0.1) is 0 Å². The maximum atomic E-state index is 13.1. The van der Waals surface area contributed by atoms with Gasteiger partial charge in [-0.3, -0.25) is 4.79 Å². The van der Waals surface area contributed by atoms with E-state index >= 15 is 0 Å². The second kappa shape index (κ2) is 6.60. The van der Waals surface area contributed by atoms with Crippen LogP contribution in [0.25, 0.3) is 0 Å². The number of anilines is 1. The summed E-state index contributed by atoms with van der Waals surface area (Å²) < 4.78 is 55.1. The van der Waals surface area contributed by atoms with Crippen LogP contribution in [-0.4, -0.2) is 32.7 Å². The Balaban J connectivity index is 2.21. The third-order valence-electron chi connectivity index (χ3n) is 2.66. The Morgan fingerprint density at radius 1 is 1.22 bits per heavy atom. The molecule has 0 unspecified atom stereocenters. The number of amides is 1. The van der Waals surface area contributed by atoms with E-state index in [-0.39, 0.29) is 16.3 Å². The highest BCUT2D eigenvalue weighted by Gasteiger charge is 2.22. The predicted molar refractivity (Wildman–Crippen MR) is 81.9 cm³/mol. The Morgan fingerprint density at radius 2 is 1.91 bits per heavy atom. The third kappa shape index (κ3) is 4.03. The molecule has 6 nitrogen and oxygen atoms in total. The molecule has 1 aromatic carbocycles. The van der Waals surface area contributed by atoms with Crippen molar-refractivity contribution in [2.75, 3.05) is 19.4 Å². The number of halogens is 2. The molecular weight excluding hydrogens is 350 g/mol. The van der Waals surface area contributed by atoms with E-state index in [0.29, 0.717) is 0 Å². The lowest BCUT2D eigenvalue weighted by Gasteiger charge is -2.12. The first-order valence-electron chi connectivity index (χ1n) is 6.16. The molecule has 0 aliphatic rings. The molecule has 0 aliphatic carbocycles. The van der Waals surface area contributed by atoms with Crippen molar-refractivity contribution < 1.29 is 26.2 Å². The molecule has 0 aliphatic heterocycles. The van der Waals surface area contributed by atoms with Crippen molar-refractivity contribution >= 4 is 33.2 Å². The smallest absolute Gasteiger partial charge is 0.369 e. The Morgan fingerprint density at radius 3 is 2.52 bits per heavy atom. The Labute approximate surface area is 135 Å². The van der Waals surface area contributed by atoms with Crippen molar-refractivity contribution in [3.05, 3.63) is 46.2 Å². The molecule has 0 saturated heterocycles. The zero-order chi connectivity index (χ0) is 17.2. The van der Waals surface area contributed by atoms with Crippen LogP contribution in [-0.2, 0) is 10.3 Å². The predicted octanol–water partition coefficient (Wildman–Crippen LogP) is 2.46. The summed E-state index contributed by atoms with van der Waals surface area (Å²) in [6.07, 6.45) is 0. The van der Waals surface area contributed by atoms with Crippen molar-refractivity contribution in [1.29, 1.82) is 0 Å². The van der Waals surface area contributed by atoms with Gasteiger partial charge in [-0.15, -0.1) is 11.3 Å². The van der Waals surface area contributed by atoms with Gasteiger partial charge >= 0.3 is 10.3 Å². The molecule has 23 heavy (non-hydrogen) atoms. The molecule has 124 valence electrons. The van der Waals surface area contributed by atoms with Crippen molar-refractivity contribution in [3.8, 4) is 5.75 Å². The lowest BCUT2D eigenvalue weighted by atomic mass is 10.3. The molecule has 0 saturated carbocycles. The number of thiophene rings is 1. The number of hydrogen-bond acceptors (Lipinski definition) is 5. The lowest BCUT2D eigenvalue weighted by molar-refractivity contribution is 0.102. The molecule has 0 spiro atoms. The van der Waals surface area contributed by atoms with Gasteiger partial charge in [-0.25, -0.2) is 8.78 Å². The van der Waals surface area contributed by atoms with E-state index in [1.54, 1.807) is 0 Å². The average Bonchev–Trinajstić information content (AvgIpc) is 2.90. The van der Waals surface area contributed by atoms with Crippen LogP contribution in [0.15, 0.2) is 29.6 Å². The summed E-state index contributed by atoms with van der Waals surface area (Å²) in [6.45, 7) is 0. The van der Waals surface area contributed by atoms with Crippen molar-refractivity contribution in [2.24, 2.45) is 0 Å². The van der Waals surface area contributed by atoms with Crippen LogP contribution in [0, 0.1) is 11.6 Å². The summed E-state index contributed by atoms with van der Waals surface area (Å²) in [6, 6.07) is 4.19. The van der Waals surface area contributed by atoms with E-state index in [2.05, 4.69) is 5.32 Å². The van der Waals surface area contributed by atoms with E-state index in [1.807, 2.05) is 0 Å². The standard InChI is InChI=1S/C13H12F2N2O4S2/c1-17(2)23(19,20)21-11-5-6-22-12(11)13(18)16-8-3-4-9(14)10(15)7-8/h3-7H,1-2H3,(H,16,18). The molecule has 0 fully saturated rings. The fraction of sp³-hybridized carbons (Fsp3) is 0.154. The number of nitrogens with one attached hydrogen (secondary N) is 1. The number of hydrogen-bond donors (Lipinski definition) is 1. The summed E-state index contributed by atoms with van der Waals surface area (Å²) in [5, 5.41) is 3.82. The van der Waals surface area contributed by atoms with Gasteiger partial charge in [0.25, 0.3) is 5.91 Å². The summed E-state index contributed by atoms with van der Waals surface area (Å²) in [5.74, 6) is -3.00. The van der Waals surface area contributed by atoms with Gasteiger partial charge < -0.3 is 9.50 Å². The highest BCUT2D eigenvalue weighted by Crippen LogP contribution is 2.27. The molecule has 0 bridgehead atoms. The second-order valence-electron chi connectivity index (χ2n) is 4.52. The molecule has 2 rings (SSSR count). The maximum Gasteiger partial charge on any atom is 0.384 e. The molecule has 2 aromatic rings. The highest BCUT2D eigenvalue weighted by molar-refractivity contribution is 7.84. The average molecular weight is 362 g/mol. The molecule has 0 atom stereocenters. The van der Waals surface area contributed by atoms with Crippen LogP contribution >= 0.6 is 11.3 Å². The maximum absolute atomic E-state index is 13.1. The number of carbonyl (C=O) groups excluding carboxylic acids is 1. The minimum absolute atomic E-state index is 0.0137. The highest BCUT2D eigenvalue weighted by atomic mass is 32.2. The van der Waals surface area contributed by atoms with Gasteiger partial charge in [0.2, 0.25) is 0 Å². The molecular formula is C13H12F2N2O4S2. The van der Waals surface area contributed by atoms with Crippen molar-refractivity contribution in [3.63, 3.8) is 0 Å². The topological polar surface area (TPSA) is 75.7 Å². The third-order valence-corrected chi connectivity index (χ3v) is 4.83. The van der Waals surface area contributed by atoms with Crippen molar-refractivity contribution in [2.45, 2.75) is 0 Å². The molecule has 1 amide bonds. The summed E-state index contributed by atoms with van der Waals surface area (Å²) in [5.41, 5.74) is 0.0312. The number of nitrogens with zero attached hydrogens (tertiary/aromatic N) is 1. The lowest BCUT2D eigenvalue weighted by Crippen LogP contribution is -2.27. The quantitative estimate of drug-likeness (QED) is 0.887. The largest absolute Gasteiger partial charge is 0.384 e. The minimum Gasteiger partial charge on any atom is -0.369 e. The van der Waals surface area contributed by atoms with Gasteiger partial charge in [-0.1, -0.05) is 0 Å². The Bertz CT molecular complexity index is 834. The molecule has 1 N–H and O–H groups in total.